The fourth-order valence-electron chi connectivity index (χ4n) is 2.58. The van der Waals surface area contributed by atoms with E-state index in [1.54, 1.807) is 0 Å². The van der Waals surface area contributed by atoms with Gasteiger partial charge in [-0.1, -0.05) is 54.6 Å². The molecule has 0 aliphatic rings. The summed E-state index contributed by atoms with van der Waals surface area (Å²) >= 11 is 0. The Labute approximate surface area is 136 Å². The Balaban J connectivity index is 2.21. The first-order valence-corrected chi connectivity index (χ1v) is 7.62. The van der Waals surface area contributed by atoms with Gasteiger partial charge in [-0.2, -0.15) is 0 Å². The van der Waals surface area contributed by atoms with Gasteiger partial charge in [-0.05, 0) is 12.1 Å². The van der Waals surface area contributed by atoms with Crippen LogP contribution in [0, 0.1) is 0 Å². The highest BCUT2D eigenvalue weighted by molar-refractivity contribution is 5.91. The molecule has 114 valence electrons. The summed E-state index contributed by atoms with van der Waals surface area (Å²) in [5, 5.41) is 1.04. The topological polar surface area (TPSA) is 29.0 Å². The molecule has 0 spiro atoms. The van der Waals surface area contributed by atoms with Crippen LogP contribution in [-0.4, -0.2) is 23.1 Å². The number of hydrogen-bond donors (Lipinski definition) is 0. The van der Waals surface area contributed by atoms with Crippen molar-refractivity contribution < 1.29 is 0 Å². The van der Waals surface area contributed by atoms with E-state index >= 15 is 0 Å². The molecule has 0 fully saturated rings. The van der Waals surface area contributed by atoms with Crippen LogP contribution in [-0.2, 0) is 0 Å². The molecule has 0 saturated carbocycles. The molecule has 3 rings (SSSR count). The molecule has 0 saturated heterocycles. The molecule has 3 nitrogen and oxygen atoms in total. The molecule has 0 unspecified atom stereocenters. The average Bonchev–Trinajstić information content (AvgIpc) is 2.61. The summed E-state index contributed by atoms with van der Waals surface area (Å²) in [7, 11) is 0. The first kappa shape index (κ1) is 15.0. The molecule has 0 radical (unpaired) electrons. The summed E-state index contributed by atoms with van der Waals surface area (Å²) < 4.78 is 0. The number of fused-ring (bicyclic) bond motifs is 1. The predicted molar refractivity (Wildman–Crippen MR) is 97.6 cm³/mol. The highest BCUT2D eigenvalue weighted by Crippen LogP contribution is 2.27. The molecule has 0 atom stereocenters. The molecule has 0 aliphatic carbocycles. The van der Waals surface area contributed by atoms with E-state index < -0.39 is 0 Å². The summed E-state index contributed by atoms with van der Waals surface area (Å²) in [6, 6.07) is 18.1. The van der Waals surface area contributed by atoms with Crippen molar-refractivity contribution >= 4 is 16.7 Å². The van der Waals surface area contributed by atoms with Gasteiger partial charge in [-0.25, -0.2) is 9.97 Å². The molecule has 1 aromatic heterocycles. The number of hydrogen-bond acceptors (Lipinski definition) is 3. The quantitative estimate of drug-likeness (QED) is 0.629. The van der Waals surface area contributed by atoms with Crippen molar-refractivity contribution in [3.8, 4) is 11.4 Å². The van der Waals surface area contributed by atoms with Crippen LogP contribution in [0.25, 0.3) is 22.3 Å². The third kappa shape index (κ3) is 3.14. The van der Waals surface area contributed by atoms with Crippen molar-refractivity contribution in [2.45, 2.75) is 0 Å². The molecule has 0 bridgehead atoms. The van der Waals surface area contributed by atoms with E-state index in [2.05, 4.69) is 24.1 Å². The van der Waals surface area contributed by atoms with E-state index in [1.807, 2.05) is 60.7 Å². The van der Waals surface area contributed by atoms with Crippen molar-refractivity contribution in [2.75, 3.05) is 18.0 Å². The number of anilines is 1. The molecule has 0 aliphatic heterocycles. The van der Waals surface area contributed by atoms with Gasteiger partial charge in [0.25, 0.3) is 0 Å². The van der Waals surface area contributed by atoms with Crippen LogP contribution in [0.15, 0.2) is 79.9 Å². The maximum Gasteiger partial charge on any atom is 0.162 e. The second-order valence-electron chi connectivity index (χ2n) is 5.24. The van der Waals surface area contributed by atoms with Crippen LogP contribution in [0.2, 0.25) is 0 Å². The lowest BCUT2D eigenvalue weighted by atomic mass is 10.1. The summed E-state index contributed by atoms with van der Waals surface area (Å²) in [5.41, 5.74) is 1.95. The monoisotopic (exact) mass is 301 g/mol. The Morgan fingerprint density at radius 2 is 1.48 bits per heavy atom. The van der Waals surface area contributed by atoms with Crippen LogP contribution in [0.3, 0.4) is 0 Å². The smallest absolute Gasteiger partial charge is 0.162 e. The highest BCUT2D eigenvalue weighted by atomic mass is 15.2. The lowest BCUT2D eigenvalue weighted by Gasteiger charge is -2.22. The minimum absolute atomic E-state index is 0.710. The molecule has 3 aromatic rings. The SMILES string of the molecule is C=CCN(CC=C)c1nc(-c2ccccc2)nc2ccccc12. The number of rotatable bonds is 6. The minimum Gasteiger partial charge on any atom is -0.349 e. The molecule has 0 amide bonds. The van der Waals surface area contributed by atoms with Gasteiger partial charge in [0.2, 0.25) is 0 Å². The second kappa shape index (κ2) is 6.88. The molecule has 0 N–H and O–H groups in total. The lowest BCUT2D eigenvalue weighted by Crippen LogP contribution is -2.24. The van der Waals surface area contributed by atoms with E-state index in [9.17, 15) is 0 Å². The van der Waals surface area contributed by atoms with E-state index in [0.29, 0.717) is 13.1 Å². The minimum atomic E-state index is 0.710. The fraction of sp³-hybridized carbons (Fsp3) is 0.100. The predicted octanol–water partition coefficient (Wildman–Crippen LogP) is 4.48. The Morgan fingerprint density at radius 1 is 0.826 bits per heavy atom. The Kier molecular flexibility index (Phi) is 4.48. The molecular weight excluding hydrogens is 282 g/mol. The van der Waals surface area contributed by atoms with E-state index in [0.717, 1.165) is 28.1 Å². The lowest BCUT2D eigenvalue weighted by molar-refractivity contribution is 0.930. The maximum atomic E-state index is 4.83. The highest BCUT2D eigenvalue weighted by Gasteiger charge is 2.13. The molecular formula is C20H19N3. The van der Waals surface area contributed by atoms with E-state index in [1.165, 1.54) is 0 Å². The molecule has 1 heterocycles. The maximum absolute atomic E-state index is 4.83. The van der Waals surface area contributed by atoms with Crippen LogP contribution in [0.1, 0.15) is 0 Å². The van der Waals surface area contributed by atoms with Gasteiger partial charge in [0.1, 0.15) is 5.82 Å². The van der Waals surface area contributed by atoms with E-state index in [-0.39, 0.29) is 0 Å². The normalized spacial score (nSPS) is 10.4. The Morgan fingerprint density at radius 3 is 2.17 bits per heavy atom. The zero-order valence-electron chi connectivity index (χ0n) is 13.0. The molecule has 23 heavy (non-hydrogen) atoms. The number of aromatic nitrogens is 2. The third-order valence-electron chi connectivity index (χ3n) is 3.61. The van der Waals surface area contributed by atoms with Gasteiger partial charge < -0.3 is 4.90 Å². The molecule has 3 heteroatoms. The largest absolute Gasteiger partial charge is 0.349 e. The van der Waals surface area contributed by atoms with Crippen molar-refractivity contribution in [1.82, 2.24) is 9.97 Å². The van der Waals surface area contributed by atoms with Gasteiger partial charge >= 0.3 is 0 Å². The zero-order valence-corrected chi connectivity index (χ0v) is 13.0. The van der Waals surface area contributed by atoms with Crippen molar-refractivity contribution in [3.05, 3.63) is 79.9 Å². The number of para-hydroxylation sites is 1. The summed E-state index contributed by atoms with van der Waals surface area (Å²) in [6.45, 7) is 9.12. The van der Waals surface area contributed by atoms with Crippen LogP contribution < -0.4 is 4.90 Å². The summed E-state index contributed by atoms with van der Waals surface area (Å²) in [5.74, 6) is 1.65. The fourth-order valence-corrected chi connectivity index (χ4v) is 2.58. The van der Waals surface area contributed by atoms with E-state index in [4.69, 9.17) is 9.97 Å². The van der Waals surface area contributed by atoms with Gasteiger partial charge in [-0.15, -0.1) is 13.2 Å². The van der Waals surface area contributed by atoms with Crippen LogP contribution in [0.4, 0.5) is 5.82 Å². The van der Waals surface area contributed by atoms with Gasteiger partial charge in [0.15, 0.2) is 5.82 Å². The van der Waals surface area contributed by atoms with Crippen molar-refractivity contribution in [2.24, 2.45) is 0 Å². The number of benzene rings is 2. The standard InChI is InChI=1S/C20H19N3/c1-3-14-23(15-4-2)20-17-12-8-9-13-18(17)21-19(22-20)16-10-6-5-7-11-16/h3-13H,1-2,14-15H2. The van der Waals surface area contributed by atoms with Crippen LogP contribution in [0.5, 0.6) is 0 Å². The second-order valence-corrected chi connectivity index (χ2v) is 5.24. The first-order valence-electron chi connectivity index (χ1n) is 7.62. The van der Waals surface area contributed by atoms with Crippen LogP contribution >= 0.6 is 0 Å². The van der Waals surface area contributed by atoms with Crippen molar-refractivity contribution in [1.29, 1.82) is 0 Å². The Hall–Kier alpha value is -2.94. The Bertz CT molecular complexity index is 815. The van der Waals surface area contributed by atoms with Crippen molar-refractivity contribution in [3.63, 3.8) is 0 Å². The van der Waals surface area contributed by atoms with Gasteiger partial charge in [0, 0.05) is 24.0 Å². The number of nitrogens with zero attached hydrogens (tertiary/aromatic N) is 3. The third-order valence-corrected chi connectivity index (χ3v) is 3.61. The first-order chi connectivity index (χ1) is 11.3. The van der Waals surface area contributed by atoms with Gasteiger partial charge in [-0.3, -0.25) is 0 Å². The average molecular weight is 301 g/mol. The summed E-state index contributed by atoms with van der Waals surface area (Å²) in [6.07, 6.45) is 3.76. The molecule has 2 aromatic carbocycles. The summed E-state index contributed by atoms with van der Waals surface area (Å²) in [4.78, 5) is 11.7. The zero-order chi connectivity index (χ0) is 16.1. The van der Waals surface area contributed by atoms with Gasteiger partial charge in [0.05, 0.1) is 5.52 Å².